The van der Waals surface area contributed by atoms with Crippen molar-refractivity contribution in [2.75, 3.05) is 6.61 Å². The molecule has 0 heterocycles. The molecule has 1 nitrogen and oxygen atoms in total. The quantitative estimate of drug-likeness (QED) is 0.486. The molecule has 0 aromatic rings. The lowest BCUT2D eigenvalue weighted by Crippen LogP contribution is -2.27. The lowest BCUT2D eigenvalue weighted by molar-refractivity contribution is 0.138. The Morgan fingerprint density at radius 2 is 1.42 bits per heavy atom. The summed E-state index contributed by atoms with van der Waals surface area (Å²) >= 11 is 0. The van der Waals surface area contributed by atoms with E-state index < -0.39 is 0 Å². The molecule has 2 heteroatoms. The van der Waals surface area contributed by atoms with Gasteiger partial charge in [0.05, 0.1) is 0 Å². The van der Waals surface area contributed by atoms with Crippen LogP contribution in [-0.2, 0) is 4.43 Å². The van der Waals surface area contributed by atoms with Crippen molar-refractivity contribution >= 4 is 9.76 Å². The Labute approximate surface area is 122 Å². The molecular formula is C17H34OSi. The first kappa shape index (κ1) is 15.6. The average Bonchev–Trinajstić information content (AvgIpc) is 2.49. The highest BCUT2D eigenvalue weighted by Crippen LogP contribution is 2.42. The molecule has 0 atom stereocenters. The Hall–Kier alpha value is 0.177. The maximum absolute atomic E-state index is 5.70. The van der Waals surface area contributed by atoms with E-state index in [-0.39, 0.29) is 9.76 Å². The average molecular weight is 283 g/mol. The monoisotopic (exact) mass is 282 g/mol. The second kappa shape index (κ2) is 9.18. The molecule has 0 spiro atoms. The van der Waals surface area contributed by atoms with Gasteiger partial charge >= 0.3 is 0 Å². The molecule has 2 fully saturated rings. The second-order valence-corrected chi connectivity index (χ2v) is 8.32. The van der Waals surface area contributed by atoms with E-state index in [2.05, 4.69) is 6.92 Å². The summed E-state index contributed by atoms with van der Waals surface area (Å²) in [6.45, 7) is 3.09. The van der Waals surface area contributed by atoms with E-state index in [9.17, 15) is 0 Å². The zero-order chi connectivity index (χ0) is 13.3. The summed E-state index contributed by atoms with van der Waals surface area (Å²) in [7, 11) is -0.203. The molecule has 0 saturated heterocycles. The Morgan fingerprint density at radius 1 is 0.895 bits per heavy atom. The molecule has 0 aliphatic heterocycles. The van der Waals surface area contributed by atoms with Gasteiger partial charge in [-0.05, 0) is 30.7 Å². The first-order chi connectivity index (χ1) is 9.42. The third-order valence-corrected chi connectivity index (χ3v) is 6.93. The van der Waals surface area contributed by atoms with Crippen LogP contribution in [0.5, 0.6) is 0 Å². The first-order valence-electron chi connectivity index (χ1n) is 8.99. The topological polar surface area (TPSA) is 9.23 Å². The smallest absolute Gasteiger partial charge is 0.161 e. The predicted octanol–water partition coefficient (Wildman–Crippen LogP) is 4.69. The molecule has 0 aromatic heterocycles. The van der Waals surface area contributed by atoms with E-state index in [1.165, 1.54) is 76.7 Å². The highest BCUT2D eigenvalue weighted by molar-refractivity contribution is 6.26. The van der Waals surface area contributed by atoms with E-state index in [4.69, 9.17) is 4.43 Å². The van der Waals surface area contributed by atoms with Crippen LogP contribution in [-0.4, -0.2) is 16.4 Å². The molecule has 0 N–H and O–H groups in total. The van der Waals surface area contributed by atoms with Crippen molar-refractivity contribution in [1.29, 1.82) is 0 Å². The van der Waals surface area contributed by atoms with Gasteiger partial charge in [0.15, 0.2) is 9.76 Å². The van der Waals surface area contributed by atoms with Crippen LogP contribution in [0.25, 0.3) is 0 Å². The summed E-state index contributed by atoms with van der Waals surface area (Å²) in [6.07, 6.45) is 16.7. The molecular weight excluding hydrogens is 248 g/mol. The van der Waals surface area contributed by atoms with Crippen LogP contribution in [0.15, 0.2) is 0 Å². The van der Waals surface area contributed by atoms with Crippen molar-refractivity contribution in [2.45, 2.75) is 83.6 Å². The van der Waals surface area contributed by atoms with Gasteiger partial charge in [-0.25, -0.2) is 0 Å². The van der Waals surface area contributed by atoms with Gasteiger partial charge in [0.1, 0.15) is 0 Å². The van der Waals surface area contributed by atoms with Crippen molar-refractivity contribution in [2.24, 2.45) is 17.8 Å². The van der Waals surface area contributed by atoms with Crippen LogP contribution in [0, 0.1) is 17.8 Å². The minimum Gasteiger partial charge on any atom is -0.424 e. The molecule has 0 amide bonds. The fourth-order valence-corrected chi connectivity index (χ4v) is 5.68. The van der Waals surface area contributed by atoms with Crippen LogP contribution in [0.1, 0.15) is 77.6 Å². The third-order valence-electron chi connectivity index (χ3n) is 5.54. The standard InChI is InChI=1S/C17H34OSi/c1-2-18-19-14-13-17(15-9-5-3-6-10-15)16-11-7-4-8-12-16/h15-17H,2-14,19H2,1H3. The van der Waals surface area contributed by atoms with Gasteiger partial charge in [0.25, 0.3) is 0 Å². The van der Waals surface area contributed by atoms with Gasteiger partial charge in [-0.3, -0.25) is 0 Å². The van der Waals surface area contributed by atoms with Crippen molar-refractivity contribution in [3.05, 3.63) is 0 Å². The van der Waals surface area contributed by atoms with E-state index in [1.807, 2.05) is 0 Å². The zero-order valence-electron chi connectivity index (χ0n) is 13.0. The van der Waals surface area contributed by atoms with Gasteiger partial charge in [-0.1, -0.05) is 70.6 Å². The van der Waals surface area contributed by atoms with Gasteiger partial charge in [-0.15, -0.1) is 0 Å². The fraction of sp³-hybridized carbons (Fsp3) is 1.00. The SMILES string of the molecule is CCO[SiH2]CCC(C1CCCCC1)C1CCCCC1. The number of rotatable bonds is 7. The van der Waals surface area contributed by atoms with Crippen LogP contribution >= 0.6 is 0 Å². The summed E-state index contributed by atoms with van der Waals surface area (Å²) in [5.74, 6) is 3.22. The highest BCUT2D eigenvalue weighted by atomic mass is 28.2. The van der Waals surface area contributed by atoms with Crippen molar-refractivity contribution < 1.29 is 4.43 Å². The van der Waals surface area contributed by atoms with Crippen molar-refractivity contribution in [3.8, 4) is 0 Å². The second-order valence-electron chi connectivity index (χ2n) is 6.80. The van der Waals surface area contributed by atoms with Gasteiger partial charge in [0, 0.05) is 6.61 Å². The first-order valence-corrected chi connectivity index (χ1v) is 10.6. The molecule has 0 radical (unpaired) electrons. The molecule has 2 rings (SSSR count). The van der Waals surface area contributed by atoms with Crippen LogP contribution in [0.4, 0.5) is 0 Å². The third kappa shape index (κ3) is 5.22. The summed E-state index contributed by atoms with van der Waals surface area (Å²) in [5, 5.41) is 0. The molecule has 19 heavy (non-hydrogen) atoms. The van der Waals surface area contributed by atoms with Crippen LogP contribution < -0.4 is 0 Å². The lowest BCUT2D eigenvalue weighted by Gasteiger charge is -2.38. The largest absolute Gasteiger partial charge is 0.424 e. The molecule has 2 aliphatic carbocycles. The molecule has 112 valence electrons. The highest BCUT2D eigenvalue weighted by Gasteiger charge is 2.30. The fourth-order valence-electron chi connectivity index (χ4n) is 4.55. The van der Waals surface area contributed by atoms with Crippen LogP contribution in [0.2, 0.25) is 6.04 Å². The number of hydrogen-bond donors (Lipinski definition) is 0. The molecule has 2 saturated carbocycles. The van der Waals surface area contributed by atoms with Crippen molar-refractivity contribution in [1.82, 2.24) is 0 Å². The summed E-state index contributed by atoms with van der Waals surface area (Å²) in [6, 6.07) is 1.44. The van der Waals surface area contributed by atoms with Crippen molar-refractivity contribution in [3.63, 3.8) is 0 Å². The number of hydrogen-bond acceptors (Lipinski definition) is 1. The summed E-state index contributed by atoms with van der Waals surface area (Å²) in [4.78, 5) is 0. The maximum Gasteiger partial charge on any atom is 0.161 e. The van der Waals surface area contributed by atoms with Gasteiger partial charge < -0.3 is 4.43 Å². The molecule has 0 unspecified atom stereocenters. The zero-order valence-corrected chi connectivity index (χ0v) is 14.5. The summed E-state index contributed by atoms with van der Waals surface area (Å²) in [5.41, 5.74) is 0. The van der Waals surface area contributed by atoms with Gasteiger partial charge in [0.2, 0.25) is 0 Å². The summed E-state index contributed by atoms with van der Waals surface area (Å²) < 4.78 is 5.70. The predicted molar refractivity (Wildman–Crippen MR) is 86.2 cm³/mol. The van der Waals surface area contributed by atoms with E-state index in [0.29, 0.717) is 0 Å². The minimum atomic E-state index is -0.203. The van der Waals surface area contributed by atoms with E-state index in [1.54, 1.807) is 0 Å². The van der Waals surface area contributed by atoms with Gasteiger partial charge in [-0.2, -0.15) is 0 Å². The Balaban J connectivity index is 1.83. The Kier molecular flexibility index (Phi) is 7.52. The Morgan fingerprint density at radius 3 is 1.89 bits per heavy atom. The maximum atomic E-state index is 5.70. The van der Waals surface area contributed by atoms with E-state index in [0.717, 1.165) is 24.4 Å². The van der Waals surface area contributed by atoms with E-state index >= 15 is 0 Å². The lowest BCUT2D eigenvalue weighted by atomic mass is 9.68. The minimum absolute atomic E-state index is 0.203. The van der Waals surface area contributed by atoms with Crippen LogP contribution in [0.3, 0.4) is 0 Å². The normalized spacial score (nSPS) is 23.7. The molecule has 0 bridgehead atoms. The molecule has 0 aromatic carbocycles. The molecule has 2 aliphatic rings. The Bertz CT molecular complexity index is 201.